The van der Waals surface area contributed by atoms with E-state index in [0.29, 0.717) is 0 Å². The second-order valence-corrected chi connectivity index (χ2v) is 9.26. The molecule has 4 aliphatic rings. The molecule has 2 heteroatoms. The molecule has 0 N–H and O–H groups in total. The highest BCUT2D eigenvalue weighted by molar-refractivity contribution is 5.77. The largest absolute Gasteiger partial charge is 0.243 e. The second-order valence-electron chi connectivity index (χ2n) is 9.26. The summed E-state index contributed by atoms with van der Waals surface area (Å²) >= 11 is 0. The van der Waals surface area contributed by atoms with Crippen molar-refractivity contribution < 1.29 is 4.57 Å². The third-order valence-electron chi connectivity index (χ3n) is 8.20. The van der Waals surface area contributed by atoms with Crippen LogP contribution < -0.4 is 4.57 Å². The molecule has 0 saturated heterocycles. The minimum Gasteiger partial charge on any atom is -0.243 e. The first-order chi connectivity index (χ1) is 13.7. The second kappa shape index (κ2) is 5.89. The molecule has 1 saturated carbocycles. The average Bonchev–Trinajstić information content (AvgIpc) is 2.77. The van der Waals surface area contributed by atoms with Crippen molar-refractivity contribution in [3.63, 3.8) is 0 Å². The maximum atomic E-state index is 5.00. The molecule has 3 aliphatic carbocycles. The molecule has 1 aliphatic heterocycles. The number of fused-ring (bicyclic) bond motifs is 7. The highest BCUT2D eigenvalue weighted by Gasteiger charge is 2.46. The molecule has 142 valence electrons. The Bertz CT molecular complexity index is 1090. The van der Waals surface area contributed by atoms with E-state index in [0.717, 1.165) is 31.1 Å². The summed E-state index contributed by atoms with van der Waals surface area (Å²) in [5.74, 6) is 1.55. The standard InChI is InChI=1S/C26H29N2/c1-3-26(4-2)15-19-7-5-6-8-20(19)25-16-27-23-13-21-17-9-11-18(12-10-17)22(21)14-24(23)28(25)26/h5-8,13-14,16-18H,3-4,9-12,15H2,1-2H3/q+1. The number of rotatable bonds is 2. The molecule has 1 fully saturated rings. The van der Waals surface area contributed by atoms with Crippen LogP contribution in [-0.2, 0) is 12.0 Å². The molecule has 0 unspecified atom stereocenters. The molecular formula is C26H29N2+. The zero-order valence-electron chi connectivity index (χ0n) is 17.0. The van der Waals surface area contributed by atoms with Gasteiger partial charge in [0.25, 0.3) is 0 Å². The van der Waals surface area contributed by atoms with Crippen molar-refractivity contribution in [1.82, 2.24) is 4.98 Å². The van der Waals surface area contributed by atoms with Crippen LogP contribution in [0.4, 0.5) is 0 Å². The van der Waals surface area contributed by atoms with Crippen molar-refractivity contribution in [2.45, 2.75) is 76.2 Å². The first-order valence-electron chi connectivity index (χ1n) is 11.2. The van der Waals surface area contributed by atoms with Gasteiger partial charge < -0.3 is 0 Å². The van der Waals surface area contributed by atoms with Crippen molar-refractivity contribution in [2.75, 3.05) is 0 Å². The summed E-state index contributed by atoms with van der Waals surface area (Å²) in [6.45, 7) is 4.72. The Morgan fingerprint density at radius 1 is 0.964 bits per heavy atom. The van der Waals surface area contributed by atoms with E-state index in [-0.39, 0.29) is 5.54 Å². The fourth-order valence-corrected chi connectivity index (χ4v) is 6.51. The number of aromatic nitrogens is 2. The summed E-state index contributed by atoms with van der Waals surface area (Å²) in [5, 5.41) is 0. The molecule has 0 spiro atoms. The van der Waals surface area contributed by atoms with Crippen LogP contribution >= 0.6 is 0 Å². The van der Waals surface area contributed by atoms with Gasteiger partial charge in [-0.1, -0.05) is 32.0 Å². The molecule has 2 nitrogen and oxygen atoms in total. The lowest BCUT2D eigenvalue weighted by molar-refractivity contribution is -0.736. The van der Waals surface area contributed by atoms with Gasteiger partial charge in [-0.3, -0.25) is 0 Å². The fraction of sp³-hybridized carbons (Fsp3) is 0.462. The number of hydrogen-bond donors (Lipinski definition) is 0. The molecule has 3 aromatic rings. The molecular weight excluding hydrogens is 340 g/mol. The average molecular weight is 370 g/mol. The number of nitrogens with zero attached hydrogens (tertiary/aromatic N) is 2. The molecule has 0 radical (unpaired) electrons. The van der Waals surface area contributed by atoms with Gasteiger partial charge in [-0.15, -0.1) is 0 Å². The lowest BCUT2D eigenvalue weighted by Crippen LogP contribution is -2.60. The van der Waals surface area contributed by atoms with Gasteiger partial charge in [0.15, 0.2) is 5.54 Å². The maximum Gasteiger partial charge on any atom is 0.232 e. The van der Waals surface area contributed by atoms with E-state index in [1.165, 1.54) is 53.5 Å². The molecule has 2 bridgehead atoms. The Hall–Kier alpha value is -2.22. The summed E-state index contributed by atoms with van der Waals surface area (Å²) in [6, 6.07) is 13.9. The first-order valence-corrected chi connectivity index (χ1v) is 11.2. The minimum atomic E-state index is 0.146. The molecule has 2 aromatic carbocycles. The van der Waals surface area contributed by atoms with E-state index in [2.05, 4.69) is 61.0 Å². The van der Waals surface area contributed by atoms with Crippen molar-refractivity contribution in [2.24, 2.45) is 0 Å². The van der Waals surface area contributed by atoms with E-state index in [9.17, 15) is 0 Å². The lowest BCUT2D eigenvalue weighted by atomic mass is 9.67. The highest BCUT2D eigenvalue weighted by atomic mass is 15.1. The number of benzene rings is 2. The van der Waals surface area contributed by atoms with Gasteiger partial charge in [-0.2, -0.15) is 4.57 Å². The Morgan fingerprint density at radius 2 is 1.64 bits per heavy atom. The lowest BCUT2D eigenvalue weighted by Gasteiger charge is -2.38. The third kappa shape index (κ3) is 2.09. The quantitative estimate of drug-likeness (QED) is 0.505. The summed E-state index contributed by atoms with van der Waals surface area (Å²) < 4.78 is 2.68. The van der Waals surface area contributed by atoms with Crippen LogP contribution in [-0.4, -0.2) is 4.98 Å². The zero-order valence-corrected chi connectivity index (χ0v) is 17.0. The molecule has 28 heavy (non-hydrogen) atoms. The van der Waals surface area contributed by atoms with Gasteiger partial charge in [0.2, 0.25) is 11.2 Å². The van der Waals surface area contributed by atoms with Gasteiger partial charge in [-0.25, -0.2) is 4.98 Å². The normalized spacial score (nSPS) is 23.9. The Morgan fingerprint density at radius 3 is 2.36 bits per heavy atom. The Labute approximate surface area is 167 Å². The van der Waals surface area contributed by atoms with E-state index in [4.69, 9.17) is 4.98 Å². The highest BCUT2D eigenvalue weighted by Crippen LogP contribution is 2.50. The van der Waals surface area contributed by atoms with Crippen LogP contribution in [0.25, 0.3) is 22.3 Å². The summed E-state index contributed by atoms with van der Waals surface area (Å²) in [4.78, 5) is 5.00. The topological polar surface area (TPSA) is 16.8 Å². The van der Waals surface area contributed by atoms with E-state index in [1.54, 1.807) is 11.1 Å². The van der Waals surface area contributed by atoms with Crippen molar-refractivity contribution in [3.8, 4) is 11.3 Å². The molecule has 0 atom stereocenters. The maximum absolute atomic E-state index is 5.00. The summed E-state index contributed by atoms with van der Waals surface area (Å²) in [5.41, 5.74) is 10.1. The monoisotopic (exact) mass is 369 g/mol. The van der Waals surface area contributed by atoms with Crippen LogP contribution in [0.15, 0.2) is 42.6 Å². The summed E-state index contributed by atoms with van der Waals surface area (Å²) in [7, 11) is 0. The predicted molar refractivity (Wildman–Crippen MR) is 114 cm³/mol. The number of hydrogen-bond acceptors (Lipinski definition) is 1. The van der Waals surface area contributed by atoms with E-state index in [1.807, 2.05) is 0 Å². The van der Waals surface area contributed by atoms with Gasteiger partial charge in [0, 0.05) is 25.3 Å². The van der Waals surface area contributed by atoms with Gasteiger partial charge >= 0.3 is 0 Å². The molecule has 0 amide bonds. The Kier molecular flexibility index (Phi) is 3.51. The molecule has 1 aromatic heterocycles. The summed E-state index contributed by atoms with van der Waals surface area (Å²) in [6.07, 6.45) is 11.1. The van der Waals surface area contributed by atoms with Crippen molar-refractivity contribution >= 4 is 11.0 Å². The SMILES string of the molecule is CCC1(CC)Cc2ccccc2-c2cnc3cc4c(cc3[n+]21)C1CCC4CC1. The van der Waals surface area contributed by atoms with Crippen LogP contribution in [0.2, 0.25) is 0 Å². The molecule has 2 heterocycles. The van der Waals surface area contributed by atoms with Gasteiger partial charge in [0.1, 0.15) is 11.7 Å². The van der Waals surface area contributed by atoms with E-state index < -0.39 is 0 Å². The van der Waals surface area contributed by atoms with Crippen LogP contribution in [0.1, 0.15) is 80.9 Å². The zero-order chi connectivity index (χ0) is 18.9. The fourth-order valence-electron chi connectivity index (χ4n) is 6.51. The molecule has 7 rings (SSSR count). The predicted octanol–water partition coefficient (Wildman–Crippen LogP) is 6.02. The van der Waals surface area contributed by atoms with Crippen LogP contribution in [0.3, 0.4) is 0 Å². The Balaban J connectivity index is 1.70. The van der Waals surface area contributed by atoms with Crippen molar-refractivity contribution in [1.29, 1.82) is 0 Å². The smallest absolute Gasteiger partial charge is 0.232 e. The van der Waals surface area contributed by atoms with Gasteiger partial charge in [-0.05, 0) is 66.3 Å². The first kappa shape index (κ1) is 16.7. The van der Waals surface area contributed by atoms with Gasteiger partial charge in [0.05, 0.1) is 5.56 Å². The van der Waals surface area contributed by atoms with Crippen molar-refractivity contribution in [3.05, 3.63) is 59.3 Å². The van der Waals surface area contributed by atoms with Crippen LogP contribution in [0, 0.1) is 0 Å². The minimum absolute atomic E-state index is 0.146. The van der Waals surface area contributed by atoms with E-state index >= 15 is 0 Å². The third-order valence-corrected chi connectivity index (χ3v) is 8.20. The van der Waals surface area contributed by atoms with Crippen LogP contribution in [0.5, 0.6) is 0 Å².